The summed E-state index contributed by atoms with van der Waals surface area (Å²) in [5, 5.41) is 11.2. The number of nitriles is 1. The first kappa shape index (κ1) is 21.0. The van der Waals surface area contributed by atoms with Gasteiger partial charge in [-0.2, -0.15) is 14.0 Å². The number of amides is 1. The quantitative estimate of drug-likeness (QED) is 0.736. The molecule has 0 radical (unpaired) electrons. The van der Waals surface area contributed by atoms with Gasteiger partial charge in [-0.25, -0.2) is 13.2 Å². The molecular weight excluding hydrogens is 394 g/mol. The number of alkyl halides is 2. The molecule has 1 amide bonds. The molecule has 0 saturated carbocycles. The Balaban J connectivity index is 2.01. The third-order valence-corrected chi connectivity index (χ3v) is 4.99. The molecule has 28 heavy (non-hydrogen) atoms. The van der Waals surface area contributed by atoms with E-state index in [0.717, 1.165) is 24.3 Å². The van der Waals surface area contributed by atoms with E-state index in [9.17, 15) is 26.8 Å². The van der Waals surface area contributed by atoms with Gasteiger partial charge in [0.1, 0.15) is 0 Å². The lowest BCUT2D eigenvalue weighted by atomic mass is 10.2. The van der Waals surface area contributed by atoms with E-state index >= 15 is 0 Å². The Kier molecular flexibility index (Phi) is 6.43. The number of anilines is 1. The minimum absolute atomic E-state index is 0.105. The number of halogens is 2. The van der Waals surface area contributed by atoms with Crippen molar-refractivity contribution < 1.29 is 31.5 Å². The third-order valence-electron chi connectivity index (χ3n) is 3.59. The van der Waals surface area contributed by atoms with Crippen molar-refractivity contribution in [3.63, 3.8) is 0 Å². The van der Waals surface area contributed by atoms with Crippen LogP contribution in [0, 0.1) is 11.3 Å². The first-order chi connectivity index (χ1) is 13.1. The average molecular weight is 408 g/mol. The molecule has 0 saturated heterocycles. The molecule has 0 fully saturated rings. The van der Waals surface area contributed by atoms with E-state index in [-0.39, 0.29) is 5.56 Å². The molecule has 0 heterocycles. The summed E-state index contributed by atoms with van der Waals surface area (Å²) >= 11 is 0. The number of sulfone groups is 1. The van der Waals surface area contributed by atoms with E-state index in [0.29, 0.717) is 11.3 Å². The summed E-state index contributed by atoms with van der Waals surface area (Å²) in [6, 6.07) is 11.7. The van der Waals surface area contributed by atoms with Crippen LogP contribution in [0.15, 0.2) is 53.4 Å². The van der Waals surface area contributed by atoms with Crippen LogP contribution in [0.2, 0.25) is 0 Å². The Morgan fingerprint density at radius 1 is 1.07 bits per heavy atom. The van der Waals surface area contributed by atoms with Gasteiger partial charge in [0, 0.05) is 5.69 Å². The highest BCUT2D eigenvalue weighted by Crippen LogP contribution is 2.19. The SMILES string of the molecule is C[C@H](OC(=O)c1ccc(S(=O)(=O)C(F)F)cc1)C(=O)Nc1ccc(C#N)cc1. The second kappa shape index (κ2) is 8.58. The molecule has 0 aliphatic heterocycles. The lowest BCUT2D eigenvalue weighted by Gasteiger charge is -2.14. The van der Waals surface area contributed by atoms with Crippen LogP contribution in [-0.4, -0.2) is 32.2 Å². The average Bonchev–Trinajstić information content (AvgIpc) is 2.68. The number of carbonyl (C=O) groups excluding carboxylic acids is 2. The number of benzene rings is 2. The maximum atomic E-state index is 12.5. The lowest BCUT2D eigenvalue weighted by molar-refractivity contribution is -0.123. The number of ether oxygens (including phenoxy) is 1. The van der Waals surface area contributed by atoms with Crippen molar-refractivity contribution in [1.29, 1.82) is 5.26 Å². The molecule has 1 N–H and O–H groups in total. The van der Waals surface area contributed by atoms with Gasteiger partial charge in [-0.3, -0.25) is 4.79 Å². The van der Waals surface area contributed by atoms with Crippen molar-refractivity contribution >= 4 is 27.4 Å². The van der Waals surface area contributed by atoms with E-state index in [1.165, 1.54) is 31.2 Å². The van der Waals surface area contributed by atoms with Gasteiger partial charge < -0.3 is 10.1 Å². The van der Waals surface area contributed by atoms with Gasteiger partial charge in [-0.1, -0.05) is 0 Å². The van der Waals surface area contributed by atoms with E-state index < -0.39 is 38.5 Å². The molecule has 0 aliphatic rings. The Bertz CT molecular complexity index is 1010. The van der Waals surface area contributed by atoms with Gasteiger partial charge in [-0.15, -0.1) is 0 Å². The van der Waals surface area contributed by atoms with Gasteiger partial charge >= 0.3 is 11.7 Å². The standard InChI is InChI=1S/C18H14F2N2O5S/c1-11(16(23)22-14-6-2-12(10-21)3-7-14)27-17(24)13-4-8-15(9-5-13)28(25,26)18(19)20/h2-9,11,18H,1H3,(H,22,23)/t11-/m0/s1. The second-order valence-corrected chi connectivity index (χ2v) is 7.47. The number of nitrogens with zero attached hydrogens (tertiary/aromatic N) is 1. The highest BCUT2D eigenvalue weighted by molar-refractivity contribution is 7.91. The van der Waals surface area contributed by atoms with Crippen LogP contribution in [0.3, 0.4) is 0 Å². The summed E-state index contributed by atoms with van der Waals surface area (Å²) in [6.07, 6.45) is -1.19. The van der Waals surface area contributed by atoms with Gasteiger partial charge in [0.05, 0.1) is 22.1 Å². The molecule has 0 aromatic heterocycles. The fourth-order valence-electron chi connectivity index (χ4n) is 2.04. The summed E-state index contributed by atoms with van der Waals surface area (Å²) < 4.78 is 52.7. The van der Waals surface area contributed by atoms with Crippen LogP contribution >= 0.6 is 0 Å². The maximum absolute atomic E-state index is 12.5. The Morgan fingerprint density at radius 3 is 2.14 bits per heavy atom. The molecule has 0 spiro atoms. The predicted molar refractivity (Wildman–Crippen MR) is 94.3 cm³/mol. The number of nitrogens with one attached hydrogen (secondary N) is 1. The minimum atomic E-state index is -4.77. The van der Waals surface area contributed by atoms with Gasteiger partial charge in [0.2, 0.25) is 9.84 Å². The minimum Gasteiger partial charge on any atom is -0.449 e. The molecule has 0 unspecified atom stereocenters. The molecule has 2 rings (SSSR count). The van der Waals surface area contributed by atoms with Crippen molar-refractivity contribution in [2.75, 3.05) is 5.32 Å². The Labute approximate surface area is 159 Å². The molecule has 1 atom stereocenters. The van der Waals surface area contributed by atoms with Crippen LogP contribution in [0.1, 0.15) is 22.8 Å². The summed E-state index contributed by atoms with van der Waals surface area (Å²) in [5.41, 5.74) is 0.703. The molecule has 7 nitrogen and oxygen atoms in total. The smallest absolute Gasteiger partial charge is 0.341 e. The topological polar surface area (TPSA) is 113 Å². The Hall–Kier alpha value is -3.32. The van der Waals surface area contributed by atoms with E-state index in [2.05, 4.69) is 5.32 Å². The molecule has 2 aromatic rings. The summed E-state index contributed by atoms with van der Waals surface area (Å²) in [6.45, 7) is 1.33. The zero-order valence-electron chi connectivity index (χ0n) is 14.4. The van der Waals surface area contributed by atoms with Crippen molar-refractivity contribution in [2.45, 2.75) is 23.7 Å². The van der Waals surface area contributed by atoms with Gasteiger partial charge in [0.15, 0.2) is 6.10 Å². The van der Waals surface area contributed by atoms with Crippen LogP contribution in [0.5, 0.6) is 0 Å². The summed E-state index contributed by atoms with van der Waals surface area (Å²) in [4.78, 5) is 23.5. The van der Waals surface area contributed by atoms with Crippen LogP contribution in [0.25, 0.3) is 0 Å². The zero-order chi connectivity index (χ0) is 20.9. The zero-order valence-corrected chi connectivity index (χ0v) is 15.2. The van der Waals surface area contributed by atoms with Crippen LogP contribution in [0.4, 0.5) is 14.5 Å². The molecular formula is C18H14F2N2O5S. The Morgan fingerprint density at radius 2 is 1.64 bits per heavy atom. The molecule has 0 aliphatic carbocycles. The predicted octanol–water partition coefficient (Wildman–Crippen LogP) is 2.74. The number of rotatable bonds is 6. The number of hydrogen-bond acceptors (Lipinski definition) is 6. The summed E-state index contributed by atoms with van der Waals surface area (Å²) in [5.74, 6) is -5.13. The highest BCUT2D eigenvalue weighted by atomic mass is 32.2. The van der Waals surface area contributed by atoms with Gasteiger partial charge in [-0.05, 0) is 55.5 Å². The number of hydrogen-bond donors (Lipinski definition) is 1. The van der Waals surface area contributed by atoms with Gasteiger partial charge in [0.25, 0.3) is 5.91 Å². The highest BCUT2D eigenvalue weighted by Gasteiger charge is 2.27. The largest absolute Gasteiger partial charge is 0.449 e. The third kappa shape index (κ3) is 4.89. The first-order valence-corrected chi connectivity index (χ1v) is 9.34. The number of esters is 1. The van der Waals surface area contributed by atoms with E-state index in [4.69, 9.17) is 10.00 Å². The number of carbonyl (C=O) groups is 2. The fourth-order valence-corrected chi connectivity index (χ4v) is 2.76. The van der Waals surface area contributed by atoms with Crippen LogP contribution < -0.4 is 5.32 Å². The van der Waals surface area contributed by atoms with E-state index in [1.54, 1.807) is 0 Å². The normalized spacial score (nSPS) is 12.1. The van der Waals surface area contributed by atoms with E-state index in [1.807, 2.05) is 6.07 Å². The maximum Gasteiger partial charge on any atom is 0.341 e. The second-order valence-electron chi connectivity index (χ2n) is 5.56. The molecule has 0 bridgehead atoms. The summed E-state index contributed by atoms with van der Waals surface area (Å²) in [7, 11) is -4.77. The molecule has 146 valence electrons. The van der Waals surface area contributed by atoms with Crippen molar-refractivity contribution in [2.24, 2.45) is 0 Å². The van der Waals surface area contributed by atoms with Crippen molar-refractivity contribution in [3.05, 3.63) is 59.7 Å². The van der Waals surface area contributed by atoms with Crippen molar-refractivity contribution in [1.82, 2.24) is 0 Å². The first-order valence-electron chi connectivity index (χ1n) is 7.79. The van der Waals surface area contributed by atoms with Crippen molar-refractivity contribution in [3.8, 4) is 6.07 Å². The molecule has 2 aromatic carbocycles. The van der Waals surface area contributed by atoms with Crippen LogP contribution in [-0.2, 0) is 19.4 Å². The fraction of sp³-hybridized carbons (Fsp3) is 0.167. The lowest BCUT2D eigenvalue weighted by Crippen LogP contribution is -2.30. The monoisotopic (exact) mass is 408 g/mol. The molecule has 10 heteroatoms.